The lowest BCUT2D eigenvalue weighted by Gasteiger charge is -2.37. The van der Waals surface area contributed by atoms with Crippen molar-refractivity contribution in [2.24, 2.45) is 0 Å². The molecule has 0 amide bonds. The summed E-state index contributed by atoms with van der Waals surface area (Å²) in [6, 6.07) is 6.65. The van der Waals surface area contributed by atoms with Gasteiger partial charge in [0.2, 0.25) is 0 Å². The second-order valence-electron chi connectivity index (χ2n) is 5.09. The molecular weight excluding hydrogens is 335 g/mol. The first kappa shape index (κ1) is 14.1. The van der Waals surface area contributed by atoms with Gasteiger partial charge in [0.1, 0.15) is 0 Å². The van der Waals surface area contributed by atoms with Gasteiger partial charge < -0.3 is 4.90 Å². The molecule has 1 aromatic carbocycles. The molecule has 0 aromatic heterocycles. The minimum absolute atomic E-state index is 1.17. The lowest BCUT2D eigenvalue weighted by molar-refractivity contribution is 0.259. The van der Waals surface area contributed by atoms with Crippen LogP contribution in [0.3, 0.4) is 0 Å². The Morgan fingerprint density at radius 3 is 2.50 bits per heavy atom. The molecule has 18 heavy (non-hydrogen) atoms. The van der Waals surface area contributed by atoms with Crippen LogP contribution in [-0.2, 0) is 0 Å². The van der Waals surface area contributed by atoms with E-state index in [9.17, 15) is 0 Å². The Morgan fingerprint density at radius 2 is 1.83 bits per heavy atom. The Labute approximate surface area is 124 Å². The molecule has 0 saturated carbocycles. The first-order valence-corrected chi connectivity index (χ1v) is 8.34. The van der Waals surface area contributed by atoms with Crippen LogP contribution >= 0.6 is 22.6 Å². The van der Waals surface area contributed by atoms with Crippen LogP contribution in [-0.4, -0.2) is 42.1 Å². The van der Waals surface area contributed by atoms with E-state index >= 15 is 0 Å². The monoisotopic (exact) mass is 358 g/mol. The normalized spacial score (nSPS) is 17.2. The highest BCUT2D eigenvalue weighted by atomic mass is 127. The third-order valence-electron chi connectivity index (χ3n) is 3.90. The van der Waals surface area contributed by atoms with Gasteiger partial charge in [0.25, 0.3) is 0 Å². The van der Waals surface area contributed by atoms with Crippen LogP contribution < -0.4 is 4.90 Å². The second kappa shape index (κ2) is 6.75. The summed E-state index contributed by atoms with van der Waals surface area (Å²) in [5, 5.41) is 0. The zero-order chi connectivity index (χ0) is 13.0. The van der Waals surface area contributed by atoms with Crippen molar-refractivity contribution >= 4 is 28.3 Å². The van der Waals surface area contributed by atoms with Crippen molar-refractivity contribution in [3.05, 3.63) is 29.3 Å². The van der Waals surface area contributed by atoms with E-state index in [1.165, 1.54) is 60.4 Å². The number of piperazine rings is 1. The van der Waals surface area contributed by atoms with E-state index < -0.39 is 0 Å². The number of benzene rings is 1. The Hall–Kier alpha value is -0.290. The first-order valence-electron chi connectivity index (χ1n) is 6.82. The summed E-state index contributed by atoms with van der Waals surface area (Å²) in [7, 11) is 0. The molecule has 0 spiro atoms. The Balaban J connectivity index is 1.95. The van der Waals surface area contributed by atoms with Crippen LogP contribution in [0.25, 0.3) is 0 Å². The average molecular weight is 358 g/mol. The van der Waals surface area contributed by atoms with Crippen LogP contribution in [0.5, 0.6) is 0 Å². The lowest BCUT2D eigenvalue weighted by atomic mass is 10.1. The molecule has 1 aliphatic rings. The zero-order valence-corrected chi connectivity index (χ0v) is 13.6. The van der Waals surface area contributed by atoms with Crippen molar-refractivity contribution in [1.82, 2.24) is 4.90 Å². The Bertz CT molecular complexity index is 384. The second-order valence-corrected chi connectivity index (χ2v) is 6.17. The molecule has 3 heteroatoms. The molecule has 2 nitrogen and oxygen atoms in total. The third kappa shape index (κ3) is 3.38. The van der Waals surface area contributed by atoms with E-state index in [-0.39, 0.29) is 0 Å². The van der Waals surface area contributed by atoms with E-state index in [0.717, 1.165) is 0 Å². The fourth-order valence-corrected chi connectivity index (χ4v) is 2.92. The summed E-state index contributed by atoms with van der Waals surface area (Å²) < 4.78 is 1.27. The van der Waals surface area contributed by atoms with E-state index in [1.54, 1.807) is 0 Å². The van der Waals surface area contributed by atoms with Gasteiger partial charge in [-0.25, -0.2) is 0 Å². The smallest absolute Gasteiger partial charge is 0.0399 e. The standard InChI is InChI=1S/C15H23IN2/c1-13-5-3-6-15(14(13)2)18-11-9-17(10-12-18)8-4-7-16/h3,5-6H,4,7-12H2,1-2H3. The molecule has 0 aliphatic carbocycles. The number of anilines is 1. The number of hydrogen-bond acceptors (Lipinski definition) is 2. The third-order valence-corrected chi connectivity index (χ3v) is 4.66. The van der Waals surface area contributed by atoms with Gasteiger partial charge in [-0.05, 0) is 44.0 Å². The number of hydrogen-bond donors (Lipinski definition) is 0. The molecular formula is C15H23IN2. The Morgan fingerprint density at radius 1 is 1.11 bits per heavy atom. The summed E-state index contributed by atoms with van der Waals surface area (Å²) in [4.78, 5) is 5.14. The lowest BCUT2D eigenvalue weighted by Crippen LogP contribution is -2.46. The molecule has 0 radical (unpaired) electrons. The van der Waals surface area contributed by atoms with Crippen LogP contribution in [0.4, 0.5) is 5.69 Å². The first-order chi connectivity index (χ1) is 8.72. The Kier molecular flexibility index (Phi) is 5.30. The number of alkyl halides is 1. The van der Waals surface area contributed by atoms with Gasteiger partial charge in [0.05, 0.1) is 0 Å². The van der Waals surface area contributed by atoms with E-state index in [2.05, 4.69) is 64.4 Å². The molecule has 1 aromatic rings. The number of aryl methyl sites for hydroxylation is 1. The molecule has 0 N–H and O–H groups in total. The maximum absolute atomic E-state index is 2.60. The van der Waals surface area contributed by atoms with Crippen LogP contribution in [0.1, 0.15) is 17.5 Å². The van der Waals surface area contributed by atoms with Gasteiger partial charge >= 0.3 is 0 Å². The van der Waals surface area contributed by atoms with Gasteiger partial charge in [-0.15, -0.1) is 0 Å². The van der Waals surface area contributed by atoms with Crippen molar-refractivity contribution < 1.29 is 0 Å². The molecule has 0 bridgehead atoms. The van der Waals surface area contributed by atoms with Gasteiger partial charge in [0.15, 0.2) is 0 Å². The van der Waals surface area contributed by atoms with Crippen molar-refractivity contribution in [1.29, 1.82) is 0 Å². The summed E-state index contributed by atoms with van der Waals surface area (Å²) >= 11 is 2.47. The van der Waals surface area contributed by atoms with Gasteiger partial charge in [-0.3, -0.25) is 4.90 Å². The van der Waals surface area contributed by atoms with E-state index in [1.807, 2.05) is 0 Å². The summed E-state index contributed by atoms with van der Waals surface area (Å²) in [5.41, 5.74) is 4.28. The number of nitrogens with zero attached hydrogens (tertiary/aromatic N) is 2. The summed E-state index contributed by atoms with van der Waals surface area (Å²) in [6.07, 6.45) is 1.32. The predicted molar refractivity (Wildman–Crippen MR) is 88.1 cm³/mol. The van der Waals surface area contributed by atoms with Gasteiger partial charge in [-0.1, -0.05) is 34.7 Å². The number of rotatable bonds is 4. The topological polar surface area (TPSA) is 6.48 Å². The average Bonchev–Trinajstić information content (AvgIpc) is 2.40. The quantitative estimate of drug-likeness (QED) is 0.602. The summed E-state index contributed by atoms with van der Waals surface area (Å²) in [6.45, 7) is 10.5. The SMILES string of the molecule is Cc1cccc(N2CCN(CCCI)CC2)c1C. The maximum Gasteiger partial charge on any atom is 0.0399 e. The van der Waals surface area contributed by atoms with Gasteiger partial charge in [0, 0.05) is 36.3 Å². The minimum Gasteiger partial charge on any atom is -0.369 e. The predicted octanol–water partition coefficient (Wildman–Crippen LogP) is 3.25. The molecule has 1 heterocycles. The molecule has 0 unspecified atom stereocenters. The van der Waals surface area contributed by atoms with Crippen LogP contribution in [0, 0.1) is 13.8 Å². The van der Waals surface area contributed by atoms with Crippen LogP contribution in [0.2, 0.25) is 0 Å². The van der Waals surface area contributed by atoms with Crippen LogP contribution in [0.15, 0.2) is 18.2 Å². The minimum atomic E-state index is 1.17. The van der Waals surface area contributed by atoms with E-state index in [4.69, 9.17) is 0 Å². The molecule has 100 valence electrons. The maximum atomic E-state index is 2.60. The molecule has 1 fully saturated rings. The highest BCUT2D eigenvalue weighted by molar-refractivity contribution is 14.1. The van der Waals surface area contributed by atoms with Crippen molar-refractivity contribution in [3.63, 3.8) is 0 Å². The van der Waals surface area contributed by atoms with Crippen molar-refractivity contribution in [2.75, 3.05) is 42.1 Å². The van der Waals surface area contributed by atoms with E-state index in [0.29, 0.717) is 0 Å². The molecule has 2 rings (SSSR count). The largest absolute Gasteiger partial charge is 0.369 e. The van der Waals surface area contributed by atoms with Crippen molar-refractivity contribution in [2.45, 2.75) is 20.3 Å². The fourth-order valence-electron chi connectivity index (χ4n) is 2.57. The van der Waals surface area contributed by atoms with Crippen molar-refractivity contribution in [3.8, 4) is 0 Å². The fraction of sp³-hybridized carbons (Fsp3) is 0.600. The highest BCUT2D eigenvalue weighted by Gasteiger charge is 2.18. The highest BCUT2D eigenvalue weighted by Crippen LogP contribution is 2.23. The molecule has 0 atom stereocenters. The summed E-state index contributed by atoms with van der Waals surface area (Å²) in [5.74, 6) is 0. The van der Waals surface area contributed by atoms with Gasteiger partial charge in [-0.2, -0.15) is 0 Å². The zero-order valence-electron chi connectivity index (χ0n) is 11.5. The molecule has 1 saturated heterocycles. The molecule has 1 aliphatic heterocycles. The number of halogens is 1.